The van der Waals surface area contributed by atoms with E-state index in [1.165, 1.54) is 11.3 Å². The fourth-order valence-electron chi connectivity index (χ4n) is 5.49. The van der Waals surface area contributed by atoms with Crippen LogP contribution in [0.15, 0.2) is 47.8 Å². The summed E-state index contributed by atoms with van der Waals surface area (Å²) in [5.41, 5.74) is 7.10. The topological polar surface area (TPSA) is 131 Å². The summed E-state index contributed by atoms with van der Waals surface area (Å²) in [5, 5.41) is 35.2. The monoisotopic (exact) mass is 512 g/mol. The van der Waals surface area contributed by atoms with Gasteiger partial charge in [-0.1, -0.05) is 0 Å². The number of carbonyl (C=O) groups excluding carboxylic acids is 2. The van der Waals surface area contributed by atoms with Crippen LogP contribution in [0.5, 0.6) is 11.5 Å². The first kappa shape index (κ1) is 21.9. The Morgan fingerprint density at radius 2 is 1.65 bits per heavy atom. The Bertz CT molecular complexity index is 1960. The normalized spacial score (nSPS) is 13.7. The van der Waals surface area contributed by atoms with Gasteiger partial charge in [0.25, 0.3) is 11.8 Å². The largest absolute Gasteiger partial charge is 0.508 e. The molecule has 0 spiro atoms. The summed E-state index contributed by atoms with van der Waals surface area (Å²) in [6.45, 7) is 0.166. The highest BCUT2D eigenvalue weighted by atomic mass is 32.1. The fraction of sp³-hybridized carbons (Fsp3) is 0.111. The van der Waals surface area contributed by atoms with E-state index in [0.717, 1.165) is 26.4 Å². The maximum absolute atomic E-state index is 13.9. The van der Waals surface area contributed by atoms with Crippen molar-refractivity contribution in [3.05, 3.63) is 69.4 Å². The molecular weight excluding hydrogens is 492 g/mol. The summed E-state index contributed by atoms with van der Waals surface area (Å²) in [4.78, 5) is 32.0. The van der Waals surface area contributed by atoms with Gasteiger partial charge in [-0.2, -0.15) is 0 Å². The van der Waals surface area contributed by atoms with Crippen molar-refractivity contribution in [2.45, 2.75) is 13.2 Å². The van der Waals surface area contributed by atoms with Crippen LogP contribution in [0.1, 0.15) is 31.2 Å². The van der Waals surface area contributed by atoms with Crippen molar-refractivity contribution < 1.29 is 24.9 Å². The number of rotatable bonds is 4. The lowest BCUT2D eigenvalue weighted by molar-refractivity contribution is 0.0564. The number of carbonyl (C=O) groups is 2. The van der Waals surface area contributed by atoms with Gasteiger partial charge in [-0.15, -0.1) is 11.3 Å². The van der Waals surface area contributed by atoms with Crippen LogP contribution in [-0.4, -0.2) is 41.7 Å². The first-order chi connectivity index (χ1) is 17.9. The smallest absolute Gasteiger partial charge is 0.276 e. The van der Waals surface area contributed by atoms with Crippen molar-refractivity contribution in [3.8, 4) is 11.5 Å². The quantitative estimate of drug-likeness (QED) is 0.225. The number of aromatic amines is 1. The van der Waals surface area contributed by atoms with Crippen LogP contribution < -0.4 is 5.43 Å². The van der Waals surface area contributed by atoms with Gasteiger partial charge in [0.2, 0.25) is 0 Å². The van der Waals surface area contributed by atoms with E-state index in [1.807, 2.05) is 23.1 Å². The number of aliphatic hydroxyl groups is 1. The number of imide groups is 1. The number of hydrogen-bond acceptors (Lipinski definition) is 7. The second-order valence-electron chi connectivity index (χ2n) is 9.20. The van der Waals surface area contributed by atoms with E-state index in [9.17, 15) is 24.9 Å². The number of aromatic hydroxyl groups is 2. The molecule has 0 saturated heterocycles. The molecule has 0 atom stereocenters. The molecule has 5 N–H and O–H groups in total. The Morgan fingerprint density at radius 3 is 2.38 bits per heavy atom. The summed E-state index contributed by atoms with van der Waals surface area (Å²) >= 11 is 1.43. The van der Waals surface area contributed by atoms with Crippen LogP contribution in [0.4, 0.5) is 0 Å². The van der Waals surface area contributed by atoms with Gasteiger partial charge in [0.05, 0.1) is 46.3 Å². The molecule has 37 heavy (non-hydrogen) atoms. The zero-order valence-electron chi connectivity index (χ0n) is 19.5. The van der Waals surface area contributed by atoms with E-state index in [4.69, 9.17) is 0 Å². The molecule has 2 amide bonds. The number of aliphatic hydroxyl groups excluding tert-OH is 1. The Kier molecular flexibility index (Phi) is 4.47. The third-order valence-electron chi connectivity index (χ3n) is 7.09. The highest BCUT2D eigenvalue weighted by Crippen LogP contribution is 2.45. The van der Waals surface area contributed by atoms with Crippen molar-refractivity contribution >= 4 is 66.8 Å². The predicted octanol–water partition coefficient (Wildman–Crippen LogP) is 4.23. The molecule has 0 unspecified atom stereocenters. The number of phenolic OH excluding ortho intramolecular Hbond substituents is 2. The third-order valence-corrected chi connectivity index (χ3v) is 8.07. The molecule has 1 aliphatic heterocycles. The molecule has 6 aromatic rings. The Hall–Kier alpha value is -4.38. The second kappa shape index (κ2) is 7.56. The van der Waals surface area contributed by atoms with Crippen molar-refractivity contribution in [2.24, 2.45) is 7.05 Å². The van der Waals surface area contributed by atoms with Crippen LogP contribution in [0, 0.1) is 0 Å². The molecule has 10 heteroatoms. The lowest BCUT2D eigenvalue weighted by Crippen LogP contribution is -2.41. The number of aromatic nitrogens is 2. The number of phenols is 2. The van der Waals surface area contributed by atoms with E-state index < -0.39 is 11.8 Å². The molecule has 4 heterocycles. The standard InChI is InChI=1S/C27H20N4O5S/c1-30-19-8-14(34)3-5-17(19)21-23-22(20-16-4-2-13(33)7-18(16)29-24(20)25(21)30)26(35)31(27(23)36)28-9-15-6-12(10-32)11-37-15/h2-8,11,28-29,32-34H,9-10H2,1H3. The number of nitrogens with one attached hydrogen (secondary N) is 2. The van der Waals surface area contributed by atoms with Crippen LogP contribution >= 0.6 is 11.3 Å². The van der Waals surface area contributed by atoms with E-state index in [1.54, 1.807) is 36.4 Å². The molecule has 0 radical (unpaired) electrons. The minimum atomic E-state index is -0.462. The first-order valence-corrected chi connectivity index (χ1v) is 12.5. The molecule has 3 aromatic carbocycles. The summed E-state index contributed by atoms with van der Waals surface area (Å²) in [7, 11) is 1.85. The van der Waals surface area contributed by atoms with Gasteiger partial charge in [-0.05, 0) is 41.3 Å². The van der Waals surface area contributed by atoms with Crippen molar-refractivity contribution in [2.75, 3.05) is 0 Å². The average Bonchev–Trinajstić information content (AvgIpc) is 3.61. The zero-order valence-corrected chi connectivity index (χ0v) is 20.3. The summed E-state index contributed by atoms with van der Waals surface area (Å²) in [6.07, 6.45) is 0. The van der Waals surface area contributed by atoms with Gasteiger partial charge >= 0.3 is 0 Å². The minimum Gasteiger partial charge on any atom is -0.508 e. The lowest BCUT2D eigenvalue weighted by Gasteiger charge is -2.14. The number of aryl methyl sites for hydroxylation is 1. The highest BCUT2D eigenvalue weighted by molar-refractivity contribution is 7.10. The maximum atomic E-state index is 13.9. The van der Waals surface area contributed by atoms with Gasteiger partial charge in [-0.3, -0.25) is 9.59 Å². The maximum Gasteiger partial charge on any atom is 0.276 e. The SMILES string of the molecule is Cn1c2cc(O)ccc2c2c3c(c4c5ccc(O)cc5[nH]c4c21)C(=O)N(NCc1cc(CO)cs1)C3=O. The number of nitrogens with zero attached hydrogens (tertiary/aromatic N) is 2. The highest BCUT2D eigenvalue weighted by Gasteiger charge is 2.41. The number of hydrazine groups is 1. The molecule has 9 nitrogen and oxygen atoms in total. The number of benzene rings is 3. The number of thiophene rings is 1. The predicted molar refractivity (Wildman–Crippen MR) is 141 cm³/mol. The summed E-state index contributed by atoms with van der Waals surface area (Å²) < 4.78 is 1.90. The number of fused-ring (bicyclic) bond motifs is 10. The molecule has 0 aliphatic carbocycles. The van der Waals surface area contributed by atoms with E-state index in [0.29, 0.717) is 43.8 Å². The van der Waals surface area contributed by atoms with E-state index in [2.05, 4.69) is 10.4 Å². The lowest BCUT2D eigenvalue weighted by atomic mass is 9.96. The molecule has 7 rings (SSSR count). The van der Waals surface area contributed by atoms with E-state index in [-0.39, 0.29) is 24.7 Å². The molecule has 1 aliphatic rings. The number of H-pyrrole nitrogens is 1. The van der Waals surface area contributed by atoms with Crippen molar-refractivity contribution in [1.82, 2.24) is 20.0 Å². The Balaban J connectivity index is 1.53. The molecule has 0 saturated carbocycles. The summed E-state index contributed by atoms with van der Waals surface area (Å²) in [6, 6.07) is 11.7. The molecule has 0 fully saturated rings. The number of amides is 2. The Labute approximate surface area is 212 Å². The van der Waals surface area contributed by atoms with E-state index >= 15 is 0 Å². The third kappa shape index (κ3) is 2.91. The van der Waals surface area contributed by atoms with Gasteiger partial charge in [0.15, 0.2) is 0 Å². The summed E-state index contributed by atoms with van der Waals surface area (Å²) in [5.74, 6) is -0.746. The van der Waals surface area contributed by atoms with Gasteiger partial charge in [0.1, 0.15) is 11.5 Å². The Morgan fingerprint density at radius 1 is 0.946 bits per heavy atom. The van der Waals surface area contributed by atoms with Gasteiger partial charge in [0, 0.05) is 45.6 Å². The van der Waals surface area contributed by atoms with Gasteiger partial charge in [-0.25, -0.2) is 10.4 Å². The first-order valence-electron chi connectivity index (χ1n) is 11.6. The van der Waals surface area contributed by atoms with Gasteiger partial charge < -0.3 is 24.9 Å². The molecular formula is C27H20N4O5S. The second-order valence-corrected chi connectivity index (χ2v) is 10.2. The van der Waals surface area contributed by atoms with Crippen molar-refractivity contribution in [3.63, 3.8) is 0 Å². The fourth-order valence-corrected chi connectivity index (χ4v) is 6.30. The zero-order chi connectivity index (χ0) is 25.6. The molecule has 3 aromatic heterocycles. The molecule has 0 bridgehead atoms. The van der Waals surface area contributed by atoms with Crippen LogP contribution in [0.3, 0.4) is 0 Å². The van der Waals surface area contributed by atoms with Crippen LogP contribution in [-0.2, 0) is 20.2 Å². The number of hydrogen-bond donors (Lipinski definition) is 5. The van der Waals surface area contributed by atoms with Crippen LogP contribution in [0.2, 0.25) is 0 Å². The van der Waals surface area contributed by atoms with Crippen molar-refractivity contribution in [1.29, 1.82) is 0 Å². The molecule has 184 valence electrons. The average molecular weight is 513 g/mol. The van der Waals surface area contributed by atoms with Crippen LogP contribution in [0.25, 0.3) is 43.6 Å². The minimum absolute atomic E-state index is 0.0771.